The van der Waals surface area contributed by atoms with Crippen molar-refractivity contribution in [2.75, 3.05) is 55.7 Å². The number of para-hydroxylation sites is 1. The number of rotatable bonds is 5. The molecule has 0 radical (unpaired) electrons. The number of hydrogen-bond acceptors (Lipinski definition) is 7. The molecule has 1 atom stereocenters. The van der Waals surface area contributed by atoms with Gasteiger partial charge in [0.05, 0.1) is 18.2 Å². The van der Waals surface area contributed by atoms with Crippen LogP contribution in [0.1, 0.15) is 30.3 Å². The number of likely N-dealkylation sites (tertiary alicyclic amines) is 1. The van der Waals surface area contributed by atoms with Crippen molar-refractivity contribution in [2.45, 2.75) is 19.8 Å². The van der Waals surface area contributed by atoms with Crippen LogP contribution in [0.2, 0.25) is 0 Å². The minimum absolute atomic E-state index is 0.219. The fourth-order valence-corrected chi connectivity index (χ4v) is 5.11. The molecule has 0 unspecified atom stereocenters. The Bertz CT molecular complexity index is 1260. The Morgan fingerprint density at radius 1 is 0.944 bits per heavy atom. The first kappa shape index (κ1) is 24.0. The Hall–Kier alpha value is -3.75. The van der Waals surface area contributed by atoms with Crippen LogP contribution in [0, 0.1) is 11.7 Å². The zero-order valence-corrected chi connectivity index (χ0v) is 20.4. The Labute approximate surface area is 209 Å². The smallest absolute Gasteiger partial charge is 0.310 e. The maximum absolute atomic E-state index is 14.2. The molecule has 0 aliphatic carbocycles. The lowest BCUT2D eigenvalue weighted by molar-refractivity contribution is -0.149. The molecule has 2 aliphatic rings. The summed E-state index contributed by atoms with van der Waals surface area (Å²) in [4.78, 5) is 31.6. The summed E-state index contributed by atoms with van der Waals surface area (Å²) >= 11 is 0. The number of aromatic nitrogens is 2. The van der Waals surface area contributed by atoms with Crippen molar-refractivity contribution in [2.24, 2.45) is 5.92 Å². The average molecular weight is 492 g/mol. The van der Waals surface area contributed by atoms with Crippen LogP contribution in [0.5, 0.6) is 0 Å². The quantitative estimate of drug-likeness (QED) is 0.506. The van der Waals surface area contributed by atoms with Crippen molar-refractivity contribution in [3.63, 3.8) is 0 Å². The van der Waals surface area contributed by atoms with E-state index < -0.39 is 0 Å². The van der Waals surface area contributed by atoms with Crippen LogP contribution in [0.15, 0.2) is 48.5 Å². The number of nitrogens with zero attached hydrogens (tertiary/aromatic N) is 5. The van der Waals surface area contributed by atoms with Gasteiger partial charge in [0.2, 0.25) is 0 Å². The molecule has 0 bridgehead atoms. The van der Waals surface area contributed by atoms with Crippen LogP contribution >= 0.6 is 0 Å². The molecule has 0 spiro atoms. The van der Waals surface area contributed by atoms with E-state index in [9.17, 15) is 14.0 Å². The molecule has 2 aromatic carbocycles. The van der Waals surface area contributed by atoms with E-state index in [0.29, 0.717) is 63.7 Å². The minimum Gasteiger partial charge on any atom is -0.466 e. The second-order valence-corrected chi connectivity index (χ2v) is 9.19. The number of halogens is 1. The molecule has 3 heterocycles. The second kappa shape index (κ2) is 10.5. The van der Waals surface area contributed by atoms with E-state index in [4.69, 9.17) is 4.74 Å². The van der Waals surface area contributed by atoms with Gasteiger partial charge >= 0.3 is 5.97 Å². The predicted octanol–water partition coefficient (Wildman–Crippen LogP) is 3.51. The number of carbonyl (C=O) groups is 2. The number of anilines is 2. The second-order valence-electron chi connectivity index (χ2n) is 9.19. The first-order chi connectivity index (χ1) is 17.6. The summed E-state index contributed by atoms with van der Waals surface area (Å²) in [6.07, 6.45) is 1.46. The number of ether oxygens (including phenoxy) is 1. The van der Waals surface area contributed by atoms with Crippen LogP contribution in [-0.2, 0) is 9.53 Å². The lowest BCUT2D eigenvalue weighted by atomic mass is 9.97. The Kier molecular flexibility index (Phi) is 6.97. The van der Waals surface area contributed by atoms with Crippen molar-refractivity contribution in [3.05, 3.63) is 60.0 Å². The summed E-state index contributed by atoms with van der Waals surface area (Å²) in [6.45, 7) is 5.64. The third-order valence-electron chi connectivity index (χ3n) is 6.97. The average Bonchev–Trinajstić information content (AvgIpc) is 2.93. The molecular weight excluding hydrogens is 461 g/mol. The molecule has 1 amide bonds. The van der Waals surface area contributed by atoms with Crippen LogP contribution < -0.4 is 9.80 Å². The number of hydrogen-bond donors (Lipinski definition) is 0. The molecule has 5 rings (SSSR count). The van der Waals surface area contributed by atoms with Crippen molar-refractivity contribution in [3.8, 4) is 0 Å². The summed E-state index contributed by atoms with van der Waals surface area (Å²) in [7, 11) is 0. The number of esters is 1. The minimum atomic E-state index is -0.313. The van der Waals surface area contributed by atoms with Gasteiger partial charge in [0, 0.05) is 50.0 Å². The van der Waals surface area contributed by atoms with Crippen LogP contribution in [-0.4, -0.2) is 72.8 Å². The third kappa shape index (κ3) is 4.69. The predicted molar refractivity (Wildman–Crippen MR) is 136 cm³/mol. The summed E-state index contributed by atoms with van der Waals surface area (Å²) in [5.74, 6) is -0.285. The maximum atomic E-state index is 14.2. The molecule has 36 heavy (non-hydrogen) atoms. The number of piperazine rings is 1. The number of fused-ring (bicyclic) bond motifs is 1. The highest BCUT2D eigenvalue weighted by atomic mass is 19.1. The zero-order valence-electron chi connectivity index (χ0n) is 20.4. The largest absolute Gasteiger partial charge is 0.466 e. The first-order valence-corrected chi connectivity index (χ1v) is 12.5. The topological polar surface area (TPSA) is 78.9 Å². The normalized spacial score (nSPS) is 18.4. The van der Waals surface area contributed by atoms with Crippen molar-refractivity contribution in [1.29, 1.82) is 0 Å². The number of amides is 1. The third-order valence-corrected chi connectivity index (χ3v) is 6.97. The molecule has 2 aliphatic heterocycles. The lowest BCUT2D eigenvalue weighted by Crippen LogP contribution is -2.47. The Morgan fingerprint density at radius 2 is 1.64 bits per heavy atom. The van der Waals surface area contributed by atoms with E-state index in [1.165, 1.54) is 6.07 Å². The standard InChI is InChI=1S/C27H30FN5O3/c1-2-36-27(35)19-8-7-13-33(18-19)26(34)24-20-9-3-4-10-21(20)25(30-29-24)32-16-14-31(15-17-32)23-12-6-5-11-22(23)28/h3-6,9-12,19H,2,7-8,13-18H2,1H3/t19-/m1/s1. The number of piperidine rings is 1. The molecule has 188 valence electrons. The van der Waals surface area contributed by atoms with Gasteiger partial charge in [-0.3, -0.25) is 9.59 Å². The van der Waals surface area contributed by atoms with Gasteiger partial charge in [-0.1, -0.05) is 36.4 Å². The Morgan fingerprint density at radius 3 is 2.39 bits per heavy atom. The summed E-state index contributed by atoms with van der Waals surface area (Å²) in [5, 5.41) is 10.5. The molecule has 3 aromatic rings. The van der Waals surface area contributed by atoms with Gasteiger partial charge in [-0.2, -0.15) is 0 Å². The number of carbonyl (C=O) groups excluding carboxylic acids is 2. The highest BCUT2D eigenvalue weighted by molar-refractivity contribution is 6.07. The van der Waals surface area contributed by atoms with Gasteiger partial charge in [0.1, 0.15) is 5.82 Å². The molecule has 0 N–H and O–H groups in total. The van der Waals surface area contributed by atoms with Gasteiger partial charge in [-0.15, -0.1) is 10.2 Å². The molecule has 1 aromatic heterocycles. The fourth-order valence-electron chi connectivity index (χ4n) is 5.11. The number of benzene rings is 2. The van der Waals surface area contributed by atoms with Gasteiger partial charge in [0.15, 0.2) is 11.5 Å². The summed E-state index contributed by atoms with van der Waals surface area (Å²) in [6, 6.07) is 14.5. The van der Waals surface area contributed by atoms with E-state index >= 15 is 0 Å². The van der Waals surface area contributed by atoms with E-state index in [-0.39, 0.29) is 23.6 Å². The van der Waals surface area contributed by atoms with Gasteiger partial charge in [-0.05, 0) is 31.9 Å². The van der Waals surface area contributed by atoms with E-state index in [1.807, 2.05) is 35.2 Å². The fraction of sp³-hybridized carbons (Fsp3) is 0.407. The molecule has 2 saturated heterocycles. The molecule has 0 saturated carbocycles. The highest BCUT2D eigenvalue weighted by Crippen LogP contribution is 2.29. The van der Waals surface area contributed by atoms with Crippen molar-refractivity contribution in [1.82, 2.24) is 15.1 Å². The van der Waals surface area contributed by atoms with Crippen molar-refractivity contribution < 1.29 is 18.7 Å². The Balaban J connectivity index is 1.36. The molecular formula is C27H30FN5O3. The van der Waals surface area contributed by atoms with Crippen molar-refractivity contribution >= 4 is 34.2 Å². The molecule has 8 nitrogen and oxygen atoms in total. The zero-order chi connectivity index (χ0) is 25.1. The highest BCUT2D eigenvalue weighted by Gasteiger charge is 2.32. The first-order valence-electron chi connectivity index (χ1n) is 12.5. The molecule has 9 heteroatoms. The van der Waals surface area contributed by atoms with E-state index in [2.05, 4.69) is 15.1 Å². The van der Waals surface area contributed by atoms with Gasteiger partial charge < -0.3 is 19.4 Å². The summed E-state index contributed by atoms with van der Waals surface area (Å²) < 4.78 is 19.4. The van der Waals surface area contributed by atoms with Gasteiger partial charge in [-0.25, -0.2) is 4.39 Å². The van der Waals surface area contributed by atoms with Crippen LogP contribution in [0.4, 0.5) is 15.9 Å². The summed E-state index contributed by atoms with van der Waals surface area (Å²) in [5.41, 5.74) is 0.903. The van der Waals surface area contributed by atoms with E-state index in [0.717, 1.165) is 23.0 Å². The van der Waals surface area contributed by atoms with Crippen LogP contribution in [0.3, 0.4) is 0 Å². The maximum Gasteiger partial charge on any atom is 0.310 e. The van der Waals surface area contributed by atoms with E-state index in [1.54, 1.807) is 24.0 Å². The van der Waals surface area contributed by atoms with Crippen LogP contribution in [0.25, 0.3) is 10.8 Å². The van der Waals surface area contributed by atoms with Gasteiger partial charge in [0.25, 0.3) is 5.91 Å². The SMILES string of the molecule is CCOC(=O)[C@@H]1CCCN(C(=O)c2nnc(N3CCN(c4ccccc4F)CC3)c3ccccc23)C1. The molecule has 2 fully saturated rings. The lowest BCUT2D eigenvalue weighted by Gasteiger charge is -2.37. The monoisotopic (exact) mass is 491 g/mol.